The average Bonchev–Trinajstić information content (AvgIpc) is 0.950. The number of para-hydroxylation sites is 2. The lowest BCUT2D eigenvalue weighted by Crippen LogP contribution is -2.65. The highest BCUT2D eigenvalue weighted by Gasteiger charge is 2.57. The van der Waals surface area contributed by atoms with E-state index in [0.29, 0.717) is 0 Å². The molecule has 0 spiro atoms. The lowest BCUT2D eigenvalue weighted by Gasteiger charge is -2.57. The van der Waals surface area contributed by atoms with E-state index in [1.54, 1.807) is 0 Å². The quantitative estimate of drug-likeness (QED) is 0.135. The summed E-state index contributed by atoms with van der Waals surface area (Å²) in [6, 6.07) is 44.0. The van der Waals surface area contributed by atoms with Gasteiger partial charge in [0.15, 0.2) is 0 Å². The van der Waals surface area contributed by atoms with Crippen molar-refractivity contribution in [1.29, 1.82) is 0 Å². The van der Waals surface area contributed by atoms with Crippen LogP contribution >= 0.6 is 23.9 Å². The highest BCUT2D eigenvalue weighted by molar-refractivity contribution is 8.00. The molecule has 11 heteroatoms. The molecule has 420 valence electrons. The Hall–Kier alpha value is -5.77. The lowest BCUT2D eigenvalue weighted by molar-refractivity contribution is -0.00533. The first kappa shape index (κ1) is 48.3. The molecule has 0 amide bonds. The molecule has 6 aliphatic heterocycles. The zero-order chi connectivity index (χ0) is 55.1. The van der Waals surface area contributed by atoms with E-state index in [0.717, 1.165) is 87.8 Å². The number of nitrogens with zero attached hydrogens (tertiary/aromatic N) is 2. The van der Waals surface area contributed by atoms with Crippen LogP contribution in [0.5, 0.6) is 34.5 Å². The Bertz CT molecular complexity index is 4110. The van der Waals surface area contributed by atoms with Crippen LogP contribution in [0, 0.1) is 53.3 Å². The second kappa shape index (κ2) is 16.5. The van der Waals surface area contributed by atoms with Crippen molar-refractivity contribution < 1.29 is 14.2 Å². The molecular formula is C74H70B3N3O3S2. The van der Waals surface area contributed by atoms with Crippen molar-refractivity contribution in [3.8, 4) is 34.5 Å². The van der Waals surface area contributed by atoms with Gasteiger partial charge in [0.25, 0.3) is 20.1 Å². The predicted octanol–water partition coefficient (Wildman–Crippen LogP) is 12.5. The molecule has 1 N–H and O–H groups in total. The molecule has 12 aliphatic carbocycles. The zero-order valence-electron chi connectivity index (χ0n) is 49.0. The molecule has 7 aromatic rings. The van der Waals surface area contributed by atoms with Gasteiger partial charge < -0.3 is 19.5 Å². The van der Waals surface area contributed by atoms with Crippen molar-refractivity contribution in [2.45, 2.75) is 132 Å². The summed E-state index contributed by atoms with van der Waals surface area (Å²) in [4.78, 5) is 0. The average molecular weight is 1150 g/mol. The van der Waals surface area contributed by atoms with Gasteiger partial charge in [-0.3, -0.25) is 8.61 Å². The number of benzene rings is 7. The summed E-state index contributed by atoms with van der Waals surface area (Å²) in [5.74, 6) is 13.9. The van der Waals surface area contributed by atoms with Crippen LogP contribution in [-0.2, 0) is 16.2 Å². The number of fused-ring (bicyclic) bond motifs is 12. The van der Waals surface area contributed by atoms with Gasteiger partial charge in [-0.15, -0.1) is 0 Å². The van der Waals surface area contributed by atoms with Crippen LogP contribution in [-0.4, -0.2) is 32.6 Å². The molecule has 6 nitrogen and oxygen atoms in total. The van der Waals surface area contributed by atoms with Gasteiger partial charge >= 0.3 is 0 Å². The maximum Gasteiger partial charge on any atom is 0.256 e. The lowest BCUT2D eigenvalue weighted by atomic mass is 9.29. The topological polar surface area (TPSA) is 46.2 Å². The first-order valence-electron chi connectivity index (χ1n) is 33.3. The van der Waals surface area contributed by atoms with E-state index < -0.39 is 0 Å². The molecular weight excluding hydrogens is 1080 g/mol. The largest absolute Gasteiger partial charge is 0.458 e. The molecule has 0 saturated heterocycles. The van der Waals surface area contributed by atoms with Gasteiger partial charge in [0.1, 0.15) is 34.5 Å². The van der Waals surface area contributed by atoms with E-state index in [1.807, 2.05) is 23.9 Å². The predicted molar refractivity (Wildman–Crippen MR) is 353 cm³/mol. The minimum atomic E-state index is -0.0558. The van der Waals surface area contributed by atoms with Crippen molar-refractivity contribution in [2.24, 2.45) is 53.3 Å². The van der Waals surface area contributed by atoms with Crippen LogP contribution in [0.3, 0.4) is 0 Å². The minimum absolute atomic E-state index is 0.0128. The highest BCUT2D eigenvalue weighted by atomic mass is 32.2. The number of ether oxygens (including phenoxy) is 3. The van der Waals surface area contributed by atoms with Crippen molar-refractivity contribution in [3.05, 3.63) is 126 Å². The fourth-order valence-electron chi connectivity index (χ4n) is 24.6. The van der Waals surface area contributed by atoms with E-state index in [-0.39, 0.29) is 36.4 Å². The van der Waals surface area contributed by atoms with Crippen LogP contribution in [0.15, 0.2) is 109 Å². The summed E-state index contributed by atoms with van der Waals surface area (Å²) in [7, 11) is 0. The molecule has 0 radical (unpaired) electrons. The Morgan fingerprint density at radius 1 is 0.353 bits per heavy atom. The molecule has 7 aromatic carbocycles. The summed E-state index contributed by atoms with van der Waals surface area (Å²) in [6.45, 7) is -0.0162. The molecule has 12 saturated carbocycles. The van der Waals surface area contributed by atoms with Crippen molar-refractivity contribution in [1.82, 2.24) is 0 Å². The highest BCUT2D eigenvalue weighted by Crippen LogP contribution is 2.65. The van der Waals surface area contributed by atoms with Crippen LogP contribution in [0.1, 0.15) is 132 Å². The second-order valence-electron chi connectivity index (χ2n) is 31.1. The van der Waals surface area contributed by atoms with E-state index in [4.69, 9.17) is 14.2 Å². The number of hydrogen-bond donors (Lipinski definition) is 1. The van der Waals surface area contributed by atoms with Gasteiger partial charge in [-0.2, -0.15) is 0 Å². The second-order valence-corrected chi connectivity index (χ2v) is 32.5. The third-order valence-electron chi connectivity index (χ3n) is 26.4. The van der Waals surface area contributed by atoms with Gasteiger partial charge in [0.2, 0.25) is 0 Å². The van der Waals surface area contributed by atoms with Gasteiger partial charge in [0, 0.05) is 35.6 Å². The first-order valence-corrected chi connectivity index (χ1v) is 35.6. The Kier molecular flexibility index (Phi) is 9.36. The molecule has 25 rings (SSSR count). The van der Waals surface area contributed by atoms with E-state index >= 15 is 0 Å². The third-order valence-corrected chi connectivity index (χ3v) is 27.9. The number of rotatable bonds is 5. The van der Waals surface area contributed by atoms with E-state index in [9.17, 15) is 0 Å². The van der Waals surface area contributed by atoms with E-state index in [2.05, 4.69) is 136 Å². The summed E-state index contributed by atoms with van der Waals surface area (Å²) in [5, 5.41) is 4.26. The van der Waals surface area contributed by atoms with Crippen molar-refractivity contribution in [3.63, 3.8) is 0 Å². The van der Waals surface area contributed by atoms with Crippen LogP contribution in [0.25, 0.3) is 0 Å². The minimum Gasteiger partial charge on any atom is -0.458 e. The fraction of sp³-hybridized carbons (Fsp3) is 0.432. The monoisotopic (exact) mass is 1150 g/mol. The van der Waals surface area contributed by atoms with Gasteiger partial charge in [-0.25, -0.2) is 0 Å². The van der Waals surface area contributed by atoms with Crippen LogP contribution in [0.2, 0.25) is 0 Å². The SMILES string of the molecule is CSN1c2cc3c(cc2B2c4cc5c(cc4Oc4cc(C67CC8CC(CC(C8)C6)C7)cc1c42)N(SC)c1cc(C24CC6CC(CC(C6)C2)C4)cc2c1B5c1ccccc1O2)B1c2ccccc2Oc2cc(C45CC6CC(CC(C6)C4)C5)cc(c21)N3. The maximum absolute atomic E-state index is 7.79. The molecule has 0 aromatic heterocycles. The Balaban J connectivity index is 0.757. The maximum atomic E-state index is 7.79. The Labute approximate surface area is 510 Å². The Morgan fingerprint density at radius 2 is 0.729 bits per heavy atom. The standard InChI is InChI=1S/C74H70B3N3O3S2/c1-84-79-59-28-57-53(75-51-7-3-5-9-63(51)81-66-23-48(20-58(78-57)69(66)75)72-30-39-11-40(31-72)13-41(12-39)32-72)26-54(59)77-56-27-55-60(29-65(56)83-68-25-50(22-62(79)71(68)77)74-36-45-17-46(37-74)19-47(18-45)38-74)80(85-2)61-21-49(73-33-42-14-43(34-73)16-44(15-42)35-73)24-67-70(61)76(55)52-8-4-6-10-64(52)82-67/h3-10,20-29,39-47,78H,11-19,30-38H2,1-2H3. The molecule has 0 unspecified atom stereocenters. The molecule has 12 bridgehead atoms. The normalized spacial score (nSPS) is 33.3. The number of nitrogens with one attached hydrogen (secondary N) is 1. The van der Waals surface area contributed by atoms with Crippen LogP contribution in [0.4, 0.5) is 34.1 Å². The number of hydrogen-bond acceptors (Lipinski definition) is 8. The summed E-state index contributed by atoms with van der Waals surface area (Å²) < 4.78 is 27.4. The van der Waals surface area contributed by atoms with Crippen molar-refractivity contribution in [2.75, 3.05) is 26.4 Å². The van der Waals surface area contributed by atoms with E-state index in [1.165, 1.54) is 216 Å². The molecule has 6 heterocycles. The van der Waals surface area contributed by atoms with Gasteiger partial charge in [-0.1, -0.05) is 48.5 Å². The van der Waals surface area contributed by atoms with Crippen molar-refractivity contribution >= 4 is 127 Å². The summed E-state index contributed by atoms with van der Waals surface area (Å²) in [6.07, 6.45) is 29.5. The molecule has 85 heavy (non-hydrogen) atoms. The third kappa shape index (κ3) is 6.37. The van der Waals surface area contributed by atoms with Gasteiger partial charge in [0.05, 0.1) is 17.1 Å². The van der Waals surface area contributed by atoms with Gasteiger partial charge in [-0.05, 0) is 329 Å². The van der Waals surface area contributed by atoms with Crippen LogP contribution < -0.4 is 77.3 Å². The first-order chi connectivity index (χ1) is 41.7. The molecule has 0 atom stereocenters. The zero-order valence-corrected chi connectivity index (χ0v) is 50.6. The molecule has 12 fully saturated rings. The summed E-state index contributed by atoms with van der Waals surface area (Å²) in [5.41, 5.74) is 24.7. The number of anilines is 6. The summed E-state index contributed by atoms with van der Waals surface area (Å²) >= 11 is 3.72. The molecule has 18 aliphatic rings. The Morgan fingerprint density at radius 3 is 1.19 bits per heavy atom. The fourth-order valence-corrected chi connectivity index (χ4v) is 26.1. The smallest absolute Gasteiger partial charge is 0.256 e.